The maximum Gasteiger partial charge on any atom is 0.312 e. The fourth-order valence-corrected chi connectivity index (χ4v) is 3.65. The molecule has 1 fully saturated rings. The molecule has 0 spiro atoms. The van der Waals surface area contributed by atoms with Crippen LogP contribution in [0.3, 0.4) is 0 Å². The van der Waals surface area contributed by atoms with Gasteiger partial charge in [-0.25, -0.2) is 0 Å². The van der Waals surface area contributed by atoms with Crippen LogP contribution in [-0.2, 0) is 9.53 Å². The van der Waals surface area contributed by atoms with Crippen molar-refractivity contribution in [1.82, 2.24) is 0 Å². The number of carbonyl (C=O) groups excluding carboxylic acids is 1. The molecule has 1 N–H and O–H groups in total. The molecule has 3 atom stereocenters. The summed E-state index contributed by atoms with van der Waals surface area (Å²) in [6.45, 7) is 2.16. The van der Waals surface area contributed by atoms with E-state index in [1.165, 1.54) is 0 Å². The van der Waals surface area contributed by atoms with Crippen LogP contribution in [0.25, 0.3) is 0 Å². The Morgan fingerprint density at radius 1 is 1.39 bits per heavy atom. The van der Waals surface area contributed by atoms with E-state index < -0.39 is 12.0 Å². The van der Waals surface area contributed by atoms with Crippen LogP contribution in [0, 0.1) is 5.92 Å². The normalized spacial score (nSPS) is 27.1. The zero-order chi connectivity index (χ0) is 13.0. The number of esters is 1. The number of benzene rings is 1. The minimum atomic E-state index is -0.565. The summed E-state index contributed by atoms with van der Waals surface area (Å²) in [5.74, 6) is -0.661. The molecule has 0 heterocycles. The van der Waals surface area contributed by atoms with Gasteiger partial charge in [0.25, 0.3) is 0 Å². The second-order valence-electron chi connectivity index (χ2n) is 4.39. The first-order chi connectivity index (χ1) is 8.72. The molecule has 0 amide bonds. The van der Waals surface area contributed by atoms with Gasteiger partial charge in [-0.3, -0.25) is 4.79 Å². The number of thioether (sulfide) groups is 1. The van der Waals surface area contributed by atoms with Crippen LogP contribution in [0.1, 0.15) is 19.8 Å². The molecule has 0 aromatic heterocycles. The van der Waals surface area contributed by atoms with Crippen molar-refractivity contribution in [3.8, 4) is 0 Å². The Kier molecular flexibility index (Phi) is 4.66. The Labute approximate surface area is 112 Å². The molecular formula is C14H18O3S. The van der Waals surface area contributed by atoms with E-state index in [-0.39, 0.29) is 11.2 Å². The van der Waals surface area contributed by atoms with Crippen molar-refractivity contribution >= 4 is 17.7 Å². The van der Waals surface area contributed by atoms with Gasteiger partial charge in [-0.2, -0.15) is 0 Å². The van der Waals surface area contributed by atoms with E-state index >= 15 is 0 Å². The zero-order valence-corrected chi connectivity index (χ0v) is 11.2. The lowest BCUT2D eigenvalue weighted by atomic mass is 10.1. The van der Waals surface area contributed by atoms with E-state index in [1.54, 1.807) is 18.7 Å². The van der Waals surface area contributed by atoms with E-state index in [0.717, 1.165) is 11.3 Å². The zero-order valence-electron chi connectivity index (χ0n) is 10.4. The predicted octanol–water partition coefficient (Wildman–Crippen LogP) is 2.48. The molecule has 0 aliphatic heterocycles. The topological polar surface area (TPSA) is 46.5 Å². The maximum absolute atomic E-state index is 11.9. The van der Waals surface area contributed by atoms with E-state index in [9.17, 15) is 9.90 Å². The van der Waals surface area contributed by atoms with Gasteiger partial charge in [0.1, 0.15) is 0 Å². The second-order valence-corrected chi connectivity index (χ2v) is 5.70. The second kappa shape index (κ2) is 6.25. The van der Waals surface area contributed by atoms with E-state index in [0.29, 0.717) is 13.0 Å². The Hall–Kier alpha value is -1.00. The molecule has 3 nitrogen and oxygen atoms in total. The van der Waals surface area contributed by atoms with E-state index in [1.807, 2.05) is 30.3 Å². The van der Waals surface area contributed by atoms with Gasteiger partial charge in [-0.05, 0) is 31.9 Å². The molecule has 1 aliphatic carbocycles. The fraction of sp³-hybridized carbons (Fsp3) is 0.500. The Morgan fingerprint density at radius 2 is 2.11 bits per heavy atom. The molecule has 0 radical (unpaired) electrons. The maximum atomic E-state index is 11.9. The lowest BCUT2D eigenvalue weighted by Crippen LogP contribution is -2.31. The Morgan fingerprint density at radius 3 is 2.78 bits per heavy atom. The largest absolute Gasteiger partial charge is 0.466 e. The van der Waals surface area contributed by atoms with Crippen LogP contribution >= 0.6 is 11.8 Å². The molecule has 1 aliphatic rings. The number of carbonyl (C=O) groups is 1. The van der Waals surface area contributed by atoms with Crippen LogP contribution in [-0.4, -0.2) is 29.0 Å². The molecule has 98 valence electrons. The first kappa shape index (κ1) is 13.4. The third kappa shape index (κ3) is 3.06. The van der Waals surface area contributed by atoms with Gasteiger partial charge in [-0.15, -0.1) is 11.8 Å². The molecule has 1 aromatic rings. The molecule has 0 saturated heterocycles. The van der Waals surface area contributed by atoms with Crippen molar-refractivity contribution < 1.29 is 14.6 Å². The predicted molar refractivity (Wildman–Crippen MR) is 71.5 cm³/mol. The molecule has 1 saturated carbocycles. The van der Waals surface area contributed by atoms with Gasteiger partial charge in [0, 0.05) is 10.1 Å². The summed E-state index contributed by atoms with van der Waals surface area (Å²) in [6.07, 6.45) is 0.961. The first-order valence-electron chi connectivity index (χ1n) is 6.28. The standard InChI is InChI=1S/C14H18O3S/c1-2-17-14(16)13-11(15)8-9-12(13)18-10-6-4-3-5-7-10/h3-7,11-13,15H,2,8-9H2,1H3/t11-,12-,13-/m1/s1. The monoisotopic (exact) mass is 266 g/mol. The SMILES string of the molecule is CCOC(=O)[C@@H]1[C@H](O)CC[C@H]1Sc1ccccc1. The Bertz CT molecular complexity index is 393. The minimum Gasteiger partial charge on any atom is -0.466 e. The highest BCUT2D eigenvalue weighted by molar-refractivity contribution is 8.00. The number of hydrogen-bond acceptors (Lipinski definition) is 4. The van der Waals surface area contributed by atoms with Crippen molar-refractivity contribution in [2.75, 3.05) is 6.61 Å². The number of aliphatic hydroxyl groups excluding tert-OH is 1. The highest BCUT2D eigenvalue weighted by atomic mass is 32.2. The number of aliphatic hydroxyl groups is 1. The average Bonchev–Trinajstić information content (AvgIpc) is 2.72. The average molecular weight is 266 g/mol. The molecule has 0 bridgehead atoms. The van der Waals surface area contributed by atoms with Crippen molar-refractivity contribution in [3.05, 3.63) is 30.3 Å². The molecule has 18 heavy (non-hydrogen) atoms. The fourth-order valence-electron chi connectivity index (χ4n) is 2.30. The van der Waals surface area contributed by atoms with Gasteiger partial charge >= 0.3 is 5.97 Å². The van der Waals surface area contributed by atoms with Gasteiger partial charge in [-0.1, -0.05) is 18.2 Å². The van der Waals surface area contributed by atoms with Crippen molar-refractivity contribution in [2.45, 2.75) is 36.0 Å². The third-order valence-corrected chi connectivity index (χ3v) is 4.53. The summed E-state index contributed by atoms with van der Waals surface area (Å²) >= 11 is 1.66. The van der Waals surface area contributed by atoms with Crippen LogP contribution in [0.4, 0.5) is 0 Å². The van der Waals surface area contributed by atoms with E-state index in [4.69, 9.17) is 4.74 Å². The molecule has 4 heteroatoms. The van der Waals surface area contributed by atoms with Crippen LogP contribution in [0.2, 0.25) is 0 Å². The highest BCUT2D eigenvalue weighted by Gasteiger charge is 2.41. The smallest absolute Gasteiger partial charge is 0.312 e. The van der Waals surface area contributed by atoms with Crippen LogP contribution in [0.15, 0.2) is 35.2 Å². The van der Waals surface area contributed by atoms with Gasteiger partial charge in [0.15, 0.2) is 0 Å². The summed E-state index contributed by atoms with van der Waals surface area (Å²) in [7, 11) is 0. The molecule has 2 rings (SSSR count). The quantitative estimate of drug-likeness (QED) is 0.851. The van der Waals surface area contributed by atoms with Crippen molar-refractivity contribution in [1.29, 1.82) is 0 Å². The minimum absolute atomic E-state index is 0.112. The van der Waals surface area contributed by atoms with Gasteiger partial charge in [0.2, 0.25) is 0 Å². The Balaban J connectivity index is 2.05. The summed E-state index contributed by atoms with van der Waals surface area (Å²) < 4.78 is 5.05. The summed E-state index contributed by atoms with van der Waals surface area (Å²) in [6, 6.07) is 9.98. The summed E-state index contributed by atoms with van der Waals surface area (Å²) in [5.41, 5.74) is 0. The van der Waals surface area contributed by atoms with Crippen molar-refractivity contribution in [3.63, 3.8) is 0 Å². The molecule has 1 aromatic carbocycles. The number of hydrogen-bond donors (Lipinski definition) is 1. The molecular weight excluding hydrogens is 248 g/mol. The summed E-state index contributed by atoms with van der Waals surface area (Å²) in [4.78, 5) is 13.0. The number of ether oxygens (including phenoxy) is 1. The summed E-state index contributed by atoms with van der Waals surface area (Å²) in [5, 5.41) is 10.0. The third-order valence-electron chi connectivity index (χ3n) is 3.15. The molecule has 0 unspecified atom stereocenters. The van der Waals surface area contributed by atoms with Crippen LogP contribution < -0.4 is 0 Å². The number of rotatable bonds is 4. The lowest BCUT2D eigenvalue weighted by Gasteiger charge is -2.19. The van der Waals surface area contributed by atoms with Gasteiger partial charge < -0.3 is 9.84 Å². The van der Waals surface area contributed by atoms with Crippen LogP contribution in [0.5, 0.6) is 0 Å². The first-order valence-corrected chi connectivity index (χ1v) is 7.16. The van der Waals surface area contributed by atoms with E-state index in [2.05, 4.69) is 0 Å². The van der Waals surface area contributed by atoms with Crippen molar-refractivity contribution in [2.24, 2.45) is 5.92 Å². The van der Waals surface area contributed by atoms with Gasteiger partial charge in [0.05, 0.1) is 18.6 Å². The highest BCUT2D eigenvalue weighted by Crippen LogP contribution is 2.39. The lowest BCUT2D eigenvalue weighted by molar-refractivity contribution is -0.150.